The van der Waals surface area contributed by atoms with Gasteiger partial charge in [0.2, 0.25) is 0 Å². The van der Waals surface area contributed by atoms with Crippen LogP contribution in [0.1, 0.15) is 0 Å². The fourth-order valence-electron chi connectivity index (χ4n) is 6.97. The monoisotopic (exact) mass is 519 g/mol. The molecule has 1 heterocycles. The molecule has 0 unspecified atom stereocenters. The first-order valence-corrected chi connectivity index (χ1v) is 14.2. The molecule has 0 N–H and O–H groups in total. The van der Waals surface area contributed by atoms with E-state index in [1.54, 1.807) is 0 Å². The molecule has 0 spiro atoms. The van der Waals surface area contributed by atoms with Gasteiger partial charge in [-0.05, 0) is 62.0 Å². The second kappa shape index (κ2) is 8.55. The summed E-state index contributed by atoms with van der Waals surface area (Å²) in [5.74, 6) is 0. The molecule has 0 saturated heterocycles. The van der Waals surface area contributed by atoms with Gasteiger partial charge in [-0.25, -0.2) is 0 Å². The number of para-hydroxylation sites is 2. The lowest BCUT2D eigenvalue weighted by Crippen LogP contribution is -1.98. The molecule has 9 rings (SSSR count). The number of fused-ring (bicyclic) bond motifs is 3. The summed E-state index contributed by atoms with van der Waals surface area (Å²) in [7, 11) is 0. The first-order valence-electron chi connectivity index (χ1n) is 14.2. The molecule has 0 aliphatic rings. The number of nitrogens with zero attached hydrogens (tertiary/aromatic N) is 1. The maximum Gasteiger partial charge on any atom is 0.0547 e. The summed E-state index contributed by atoms with van der Waals surface area (Å²) in [6, 6.07) is 55.5. The topological polar surface area (TPSA) is 4.93 Å². The maximum absolute atomic E-state index is 2.47. The van der Waals surface area contributed by atoms with Gasteiger partial charge in [0.15, 0.2) is 0 Å². The third-order valence-corrected chi connectivity index (χ3v) is 8.75. The standard InChI is InChI=1S/C40H25N/c1-3-11-26(12-4-1)29-21-19-28-20-22-33-35(27-13-5-2-6-14-27)25-38(34-24-23-32(29)39(28)40(33)34)41-36-17-9-7-15-30(36)31-16-8-10-18-37(31)41/h1-25H. The van der Waals surface area contributed by atoms with Crippen molar-refractivity contribution in [2.45, 2.75) is 0 Å². The molecule has 190 valence electrons. The largest absolute Gasteiger partial charge is 0.309 e. The highest BCUT2D eigenvalue weighted by atomic mass is 15.0. The van der Waals surface area contributed by atoms with Crippen molar-refractivity contribution >= 4 is 54.1 Å². The Labute approximate surface area is 237 Å². The van der Waals surface area contributed by atoms with Crippen molar-refractivity contribution in [3.63, 3.8) is 0 Å². The van der Waals surface area contributed by atoms with Crippen molar-refractivity contribution in [2.75, 3.05) is 0 Å². The summed E-state index contributed by atoms with van der Waals surface area (Å²) >= 11 is 0. The normalized spacial score (nSPS) is 11.9. The van der Waals surface area contributed by atoms with Gasteiger partial charge in [-0.15, -0.1) is 0 Å². The van der Waals surface area contributed by atoms with Crippen molar-refractivity contribution in [1.82, 2.24) is 4.57 Å². The zero-order valence-electron chi connectivity index (χ0n) is 22.4. The summed E-state index contributed by atoms with van der Waals surface area (Å²) in [5, 5.41) is 10.4. The Bertz CT molecular complexity index is 2340. The molecule has 0 bridgehead atoms. The smallest absolute Gasteiger partial charge is 0.0547 e. The molecule has 0 fully saturated rings. The lowest BCUT2D eigenvalue weighted by molar-refractivity contribution is 1.20. The van der Waals surface area contributed by atoms with E-state index < -0.39 is 0 Å². The number of benzene rings is 8. The molecule has 41 heavy (non-hydrogen) atoms. The number of aromatic nitrogens is 1. The summed E-state index contributed by atoms with van der Waals surface area (Å²) in [4.78, 5) is 0. The molecule has 0 saturated carbocycles. The summed E-state index contributed by atoms with van der Waals surface area (Å²) < 4.78 is 2.47. The molecule has 9 aromatic rings. The fourth-order valence-corrected chi connectivity index (χ4v) is 6.97. The van der Waals surface area contributed by atoms with Crippen LogP contribution in [0.2, 0.25) is 0 Å². The molecule has 0 atom stereocenters. The Hall–Kier alpha value is -5.40. The van der Waals surface area contributed by atoms with E-state index in [0.29, 0.717) is 0 Å². The lowest BCUT2D eigenvalue weighted by atomic mass is 9.86. The quantitative estimate of drug-likeness (QED) is 0.205. The first-order chi connectivity index (χ1) is 20.4. The molecule has 0 radical (unpaired) electrons. The number of rotatable bonds is 3. The molecule has 0 aliphatic heterocycles. The molecule has 0 aliphatic carbocycles. The van der Waals surface area contributed by atoms with Crippen LogP contribution in [-0.2, 0) is 0 Å². The van der Waals surface area contributed by atoms with Gasteiger partial charge in [0, 0.05) is 21.5 Å². The predicted octanol–water partition coefficient (Wildman–Crippen LogP) is 11.0. The minimum absolute atomic E-state index is 1.22. The highest BCUT2D eigenvalue weighted by molar-refractivity contribution is 6.29. The molecular formula is C40H25N. The SMILES string of the molecule is c1ccc(-c2ccc3ccc4c(-c5ccccc5)cc(-n5c6ccccc6c6ccccc65)c5ccc2c3c45)cc1. The summed E-state index contributed by atoms with van der Waals surface area (Å²) in [6.07, 6.45) is 0. The Morgan fingerprint density at radius 3 is 1.54 bits per heavy atom. The number of hydrogen-bond acceptors (Lipinski definition) is 0. The average molecular weight is 520 g/mol. The Morgan fingerprint density at radius 1 is 0.341 bits per heavy atom. The van der Waals surface area contributed by atoms with Gasteiger partial charge in [-0.1, -0.05) is 133 Å². The van der Waals surface area contributed by atoms with E-state index in [9.17, 15) is 0 Å². The van der Waals surface area contributed by atoms with Crippen LogP contribution in [0.5, 0.6) is 0 Å². The van der Waals surface area contributed by atoms with Crippen LogP contribution in [0.25, 0.3) is 82.1 Å². The predicted molar refractivity (Wildman–Crippen MR) is 175 cm³/mol. The van der Waals surface area contributed by atoms with Crippen LogP contribution >= 0.6 is 0 Å². The first kappa shape index (κ1) is 22.4. The van der Waals surface area contributed by atoms with E-state index in [4.69, 9.17) is 0 Å². The Kier molecular flexibility index (Phi) is 4.67. The van der Waals surface area contributed by atoms with Crippen LogP contribution in [0.15, 0.2) is 152 Å². The van der Waals surface area contributed by atoms with Crippen LogP contribution in [0.4, 0.5) is 0 Å². The van der Waals surface area contributed by atoms with E-state index in [0.717, 1.165) is 0 Å². The van der Waals surface area contributed by atoms with Crippen molar-refractivity contribution in [3.8, 4) is 27.9 Å². The van der Waals surface area contributed by atoms with E-state index in [1.165, 1.54) is 82.1 Å². The third-order valence-electron chi connectivity index (χ3n) is 8.75. The average Bonchev–Trinajstić information content (AvgIpc) is 3.38. The maximum atomic E-state index is 2.47. The van der Waals surface area contributed by atoms with Crippen LogP contribution in [0.3, 0.4) is 0 Å². The van der Waals surface area contributed by atoms with Crippen molar-refractivity contribution < 1.29 is 0 Å². The van der Waals surface area contributed by atoms with Crippen molar-refractivity contribution in [2.24, 2.45) is 0 Å². The molecule has 1 aromatic heterocycles. The molecule has 1 heteroatoms. The van der Waals surface area contributed by atoms with Gasteiger partial charge in [0.05, 0.1) is 16.7 Å². The molecule has 1 nitrogen and oxygen atoms in total. The van der Waals surface area contributed by atoms with Gasteiger partial charge < -0.3 is 4.57 Å². The van der Waals surface area contributed by atoms with Crippen LogP contribution in [0, 0.1) is 0 Å². The van der Waals surface area contributed by atoms with Gasteiger partial charge in [-0.2, -0.15) is 0 Å². The minimum atomic E-state index is 1.22. The van der Waals surface area contributed by atoms with Crippen molar-refractivity contribution in [1.29, 1.82) is 0 Å². The Balaban J connectivity index is 1.50. The van der Waals surface area contributed by atoms with E-state index in [1.807, 2.05) is 0 Å². The summed E-state index contributed by atoms with van der Waals surface area (Å²) in [5.41, 5.74) is 8.69. The van der Waals surface area contributed by atoms with Gasteiger partial charge in [0.1, 0.15) is 0 Å². The highest BCUT2D eigenvalue weighted by Gasteiger charge is 2.20. The Morgan fingerprint density at radius 2 is 0.854 bits per heavy atom. The zero-order chi connectivity index (χ0) is 26.9. The van der Waals surface area contributed by atoms with E-state index >= 15 is 0 Å². The minimum Gasteiger partial charge on any atom is -0.309 e. The van der Waals surface area contributed by atoms with Crippen LogP contribution < -0.4 is 0 Å². The third kappa shape index (κ3) is 3.18. The van der Waals surface area contributed by atoms with Gasteiger partial charge >= 0.3 is 0 Å². The fraction of sp³-hybridized carbons (Fsp3) is 0. The van der Waals surface area contributed by atoms with E-state index in [2.05, 4.69) is 156 Å². The molecular weight excluding hydrogens is 494 g/mol. The zero-order valence-corrected chi connectivity index (χ0v) is 22.4. The lowest BCUT2D eigenvalue weighted by Gasteiger charge is -2.20. The molecule has 8 aromatic carbocycles. The second-order valence-corrected chi connectivity index (χ2v) is 10.9. The van der Waals surface area contributed by atoms with E-state index in [-0.39, 0.29) is 0 Å². The van der Waals surface area contributed by atoms with Crippen LogP contribution in [-0.4, -0.2) is 4.57 Å². The van der Waals surface area contributed by atoms with Crippen molar-refractivity contribution in [3.05, 3.63) is 152 Å². The van der Waals surface area contributed by atoms with Gasteiger partial charge in [-0.3, -0.25) is 0 Å². The second-order valence-electron chi connectivity index (χ2n) is 10.9. The molecule has 0 amide bonds. The highest BCUT2D eigenvalue weighted by Crippen LogP contribution is 2.45. The number of hydrogen-bond donors (Lipinski definition) is 0. The van der Waals surface area contributed by atoms with Gasteiger partial charge in [0.25, 0.3) is 0 Å². The summed E-state index contributed by atoms with van der Waals surface area (Å²) in [6.45, 7) is 0.